The minimum atomic E-state index is -1.08. The number of unbranched alkanes of at least 4 members (excludes halogenated alkanes) is 14. The molecule has 0 aliphatic heterocycles. The predicted molar refractivity (Wildman–Crippen MR) is 173 cm³/mol. The van der Waals surface area contributed by atoms with Crippen molar-refractivity contribution in [2.24, 2.45) is 0 Å². The number of hydrogen-bond donors (Lipinski definition) is 4. The third-order valence-corrected chi connectivity index (χ3v) is 7.68. The number of carboxylic acid groups (broad SMARTS) is 1. The molecule has 3 atom stereocenters. The molecule has 0 rings (SSSR count). The normalized spacial score (nSPS) is 14.1. The van der Waals surface area contributed by atoms with Crippen LogP contribution in [0.15, 0.2) is 0 Å². The average Bonchev–Trinajstić information content (AvgIpc) is 2.90. The van der Waals surface area contributed by atoms with E-state index in [4.69, 9.17) is 4.74 Å². The first-order valence-electron chi connectivity index (χ1n) is 17.3. The van der Waals surface area contributed by atoms with Crippen molar-refractivity contribution in [3.8, 4) is 0 Å². The van der Waals surface area contributed by atoms with Crippen molar-refractivity contribution < 1.29 is 29.6 Å². The zero-order valence-electron chi connectivity index (χ0n) is 28.0. The minimum absolute atomic E-state index is 0.295. The van der Waals surface area contributed by atoms with E-state index in [0.29, 0.717) is 38.9 Å². The summed E-state index contributed by atoms with van der Waals surface area (Å²) in [6, 6.07) is -1.01. The van der Waals surface area contributed by atoms with Gasteiger partial charge in [0.15, 0.2) is 0 Å². The standard InChI is InChI=1S/C34H68N2O6/c1-6-8-10-12-14-16-18-20-24-30(38)28-36(27-29(37)23-19-17-15-13-11-9-7-2)26-22-21-25-31(32(39)40)35-33(41)42-34(3,4)5/h29-31,37-38H,6-28H2,1-5H3,(H,35,41)(H,39,40)/t29-,30-,31+/m1/s1. The molecule has 0 saturated heterocycles. The molecule has 0 aromatic rings. The van der Waals surface area contributed by atoms with E-state index in [1.54, 1.807) is 20.8 Å². The van der Waals surface area contributed by atoms with E-state index in [1.807, 2.05) is 0 Å². The number of aliphatic hydroxyl groups excluding tert-OH is 2. The van der Waals surface area contributed by atoms with Crippen LogP contribution in [0.4, 0.5) is 4.79 Å². The van der Waals surface area contributed by atoms with Crippen LogP contribution < -0.4 is 5.32 Å². The number of nitrogens with one attached hydrogen (secondary N) is 1. The van der Waals surface area contributed by atoms with E-state index in [-0.39, 0.29) is 0 Å². The third-order valence-electron chi connectivity index (χ3n) is 7.68. The summed E-state index contributed by atoms with van der Waals surface area (Å²) in [4.78, 5) is 25.9. The first-order valence-corrected chi connectivity index (χ1v) is 17.3. The van der Waals surface area contributed by atoms with E-state index in [0.717, 1.165) is 38.5 Å². The molecule has 0 aromatic heterocycles. The van der Waals surface area contributed by atoms with Gasteiger partial charge in [-0.15, -0.1) is 0 Å². The SMILES string of the molecule is CCCCCCCCCC[C@@H](O)CN(CCCC[C@H](NC(=O)OC(C)(C)C)C(=O)O)C[C@H](O)CCCCCCCCC. The zero-order chi connectivity index (χ0) is 31.6. The fourth-order valence-corrected chi connectivity index (χ4v) is 5.28. The Balaban J connectivity index is 4.68. The number of carbonyl (C=O) groups excluding carboxylic acids is 1. The molecule has 0 unspecified atom stereocenters. The van der Waals surface area contributed by atoms with Crippen molar-refractivity contribution in [1.29, 1.82) is 0 Å². The van der Waals surface area contributed by atoms with Gasteiger partial charge in [-0.2, -0.15) is 0 Å². The maximum atomic E-state index is 12.1. The molecule has 0 radical (unpaired) electrons. The highest BCUT2D eigenvalue weighted by molar-refractivity contribution is 5.79. The quantitative estimate of drug-likeness (QED) is 0.0676. The van der Waals surface area contributed by atoms with Crippen molar-refractivity contribution in [3.63, 3.8) is 0 Å². The van der Waals surface area contributed by atoms with Gasteiger partial charge in [-0.05, 0) is 59.4 Å². The molecule has 0 aliphatic carbocycles. The molecular weight excluding hydrogens is 532 g/mol. The number of aliphatic hydroxyl groups is 2. The molecule has 0 spiro atoms. The van der Waals surface area contributed by atoms with Crippen molar-refractivity contribution >= 4 is 12.1 Å². The summed E-state index contributed by atoms with van der Waals surface area (Å²) in [5.74, 6) is -1.08. The lowest BCUT2D eigenvalue weighted by Crippen LogP contribution is -2.43. The number of carboxylic acids is 1. The van der Waals surface area contributed by atoms with Gasteiger partial charge < -0.3 is 25.4 Å². The van der Waals surface area contributed by atoms with Gasteiger partial charge in [-0.3, -0.25) is 4.90 Å². The lowest BCUT2D eigenvalue weighted by molar-refractivity contribution is -0.139. The predicted octanol–water partition coefficient (Wildman–Crippen LogP) is 7.83. The van der Waals surface area contributed by atoms with Crippen LogP contribution in [-0.4, -0.2) is 75.8 Å². The molecule has 8 nitrogen and oxygen atoms in total. The molecule has 0 saturated carbocycles. The third kappa shape index (κ3) is 26.3. The smallest absolute Gasteiger partial charge is 0.408 e. The number of ether oxygens (including phenoxy) is 1. The molecule has 250 valence electrons. The molecule has 0 aromatic carbocycles. The molecule has 0 heterocycles. The Morgan fingerprint density at radius 2 is 1.07 bits per heavy atom. The lowest BCUT2D eigenvalue weighted by atomic mass is 10.0. The second-order valence-corrected chi connectivity index (χ2v) is 13.3. The number of carbonyl (C=O) groups is 2. The summed E-state index contributed by atoms with van der Waals surface area (Å²) >= 11 is 0. The molecule has 8 heteroatoms. The number of amides is 1. The summed E-state index contributed by atoms with van der Waals surface area (Å²) in [5, 5.41) is 33.5. The van der Waals surface area contributed by atoms with Crippen molar-refractivity contribution in [2.75, 3.05) is 19.6 Å². The van der Waals surface area contributed by atoms with E-state index in [9.17, 15) is 24.9 Å². The maximum absolute atomic E-state index is 12.1. The van der Waals surface area contributed by atoms with Crippen LogP contribution in [0, 0.1) is 0 Å². The summed E-state index contributed by atoms with van der Waals surface area (Å²) in [6.07, 6.45) is 19.9. The second-order valence-electron chi connectivity index (χ2n) is 13.3. The largest absolute Gasteiger partial charge is 0.480 e. The summed E-state index contributed by atoms with van der Waals surface area (Å²) in [6.45, 7) is 11.4. The Bertz CT molecular complexity index is 654. The number of alkyl carbamates (subject to hydrolysis) is 1. The fraction of sp³-hybridized carbons (Fsp3) is 0.941. The lowest BCUT2D eigenvalue weighted by Gasteiger charge is -2.28. The van der Waals surface area contributed by atoms with Gasteiger partial charge in [0.2, 0.25) is 0 Å². The Kier molecular flexibility index (Phi) is 25.2. The van der Waals surface area contributed by atoms with E-state index < -0.39 is 35.9 Å². The molecule has 42 heavy (non-hydrogen) atoms. The van der Waals surface area contributed by atoms with Gasteiger partial charge in [0, 0.05) is 13.1 Å². The van der Waals surface area contributed by atoms with Crippen LogP contribution in [-0.2, 0) is 9.53 Å². The zero-order valence-corrected chi connectivity index (χ0v) is 28.0. The molecule has 0 aliphatic rings. The molecule has 0 bridgehead atoms. The Labute approximate surface area is 258 Å². The fourth-order valence-electron chi connectivity index (χ4n) is 5.28. The van der Waals surface area contributed by atoms with Gasteiger partial charge in [0.25, 0.3) is 0 Å². The Hall–Kier alpha value is -1.38. The molecular formula is C34H68N2O6. The maximum Gasteiger partial charge on any atom is 0.408 e. The van der Waals surface area contributed by atoms with Gasteiger partial charge in [0.1, 0.15) is 11.6 Å². The highest BCUT2D eigenvalue weighted by atomic mass is 16.6. The first-order chi connectivity index (χ1) is 20.0. The average molecular weight is 601 g/mol. The van der Waals surface area contributed by atoms with Crippen LogP contribution in [0.1, 0.15) is 163 Å². The van der Waals surface area contributed by atoms with Crippen LogP contribution in [0.5, 0.6) is 0 Å². The summed E-state index contributed by atoms with van der Waals surface area (Å²) in [5.41, 5.74) is -0.695. The van der Waals surface area contributed by atoms with Crippen molar-refractivity contribution in [1.82, 2.24) is 10.2 Å². The highest BCUT2D eigenvalue weighted by Gasteiger charge is 2.24. The minimum Gasteiger partial charge on any atom is -0.480 e. The number of hydrogen-bond acceptors (Lipinski definition) is 6. The van der Waals surface area contributed by atoms with E-state index in [2.05, 4.69) is 24.1 Å². The second kappa shape index (κ2) is 26.1. The first kappa shape index (κ1) is 40.6. The van der Waals surface area contributed by atoms with Gasteiger partial charge in [0.05, 0.1) is 12.2 Å². The summed E-state index contributed by atoms with van der Waals surface area (Å²) in [7, 11) is 0. The summed E-state index contributed by atoms with van der Waals surface area (Å²) < 4.78 is 5.21. The highest BCUT2D eigenvalue weighted by Crippen LogP contribution is 2.15. The van der Waals surface area contributed by atoms with Gasteiger partial charge >= 0.3 is 12.1 Å². The van der Waals surface area contributed by atoms with Gasteiger partial charge in [-0.1, -0.05) is 110 Å². The number of rotatable bonds is 28. The van der Waals surface area contributed by atoms with Crippen molar-refractivity contribution in [3.05, 3.63) is 0 Å². The molecule has 1 amide bonds. The molecule has 0 fully saturated rings. The monoisotopic (exact) mass is 601 g/mol. The van der Waals surface area contributed by atoms with E-state index >= 15 is 0 Å². The van der Waals surface area contributed by atoms with Crippen LogP contribution in [0.25, 0.3) is 0 Å². The number of aliphatic carboxylic acids is 1. The molecule has 4 N–H and O–H groups in total. The Morgan fingerprint density at radius 3 is 1.48 bits per heavy atom. The van der Waals surface area contributed by atoms with Gasteiger partial charge in [-0.25, -0.2) is 9.59 Å². The van der Waals surface area contributed by atoms with E-state index in [1.165, 1.54) is 70.6 Å². The van der Waals surface area contributed by atoms with Crippen molar-refractivity contribution in [2.45, 2.75) is 187 Å². The number of nitrogens with zero attached hydrogens (tertiary/aromatic N) is 1. The Morgan fingerprint density at radius 1 is 0.667 bits per heavy atom. The topological polar surface area (TPSA) is 119 Å². The van der Waals surface area contributed by atoms with Crippen LogP contribution >= 0.6 is 0 Å². The van der Waals surface area contributed by atoms with Crippen LogP contribution in [0.2, 0.25) is 0 Å². The van der Waals surface area contributed by atoms with Crippen LogP contribution in [0.3, 0.4) is 0 Å².